The molecule has 0 bridgehead atoms. The molecule has 0 aliphatic heterocycles. The second kappa shape index (κ2) is 5.09. The van der Waals surface area contributed by atoms with Crippen LogP contribution in [0.4, 0.5) is 0 Å². The Morgan fingerprint density at radius 1 is 1.55 bits per heavy atom. The number of carbonyl (C=O) groups is 1. The minimum absolute atomic E-state index is 0.400. The number of hydrogen-bond donors (Lipinski definition) is 3. The van der Waals surface area contributed by atoms with Crippen molar-refractivity contribution in [2.75, 3.05) is 6.61 Å². The molecule has 0 amide bonds. The first-order chi connectivity index (χ1) is 5.13. The molecule has 0 rings (SSSR count). The second-order valence-electron chi connectivity index (χ2n) is 2.48. The van der Waals surface area contributed by atoms with Gasteiger partial charge in [0.15, 0.2) is 0 Å². The predicted molar refractivity (Wildman–Crippen MR) is 39.1 cm³/mol. The summed E-state index contributed by atoms with van der Waals surface area (Å²) in [5.41, 5.74) is 0. The summed E-state index contributed by atoms with van der Waals surface area (Å²) >= 11 is 0. The number of carboxylic acid groups (broad SMARTS) is 1. The first-order valence-electron chi connectivity index (χ1n) is 3.65. The molecule has 0 saturated carbocycles. The van der Waals surface area contributed by atoms with Crippen molar-refractivity contribution in [3.05, 3.63) is 0 Å². The highest BCUT2D eigenvalue weighted by atomic mass is 16.4. The fourth-order valence-corrected chi connectivity index (χ4v) is 0.919. The summed E-state index contributed by atoms with van der Waals surface area (Å²) in [7, 11) is 0. The molecular formula is C7H14O4. The summed E-state index contributed by atoms with van der Waals surface area (Å²) in [6.45, 7) is 1.34. The molecule has 0 aliphatic rings. The van der Waals surface area contributed by atoms with Crippen molar-refractivity contribution < 1.29 is 20.1 Å². The molecule has 3 N–H and O–H groups in total. The first kappa shape index (κ1) is 10.4. The van der Waals surface area contributed by atoms with Gasteiger partial charge in [-0.25, -0.2) is 0 Å². The van der Waals surface area contributed by atoms with Crippen LogP contribution >= 0.6 is 0 Å². The zero-order valence-electron chi connectivity index (χ0n) is 6.53. The molecule has 2 unspecified atom stereocenters. The van der Waals surface area contributed by atoms with Crippen LogP contribution in [0.15, 0.2) is 0 Å². The molecule has 0 aromatic carbocycles. The lowest BCUT2D eigenvalue weighted by molar-refractivity contribution is -0.147. The number of carboxylic acids is 1. The second-order valence-corrected chi connectivity index (χ2v) is 2.48. The molecule has 0 radical (unpaired) electrons. The molecule has 2 atom stereocenters. The Hall–Kier alpha value is -0.610. The number of hydrogen-bond acceptors (Lipinski definition) is 3. The largest absolute Gasteiger partial charge is 0.481 e. The van der Waals surface area contributed by atoms with E-state index in [0.29, 0.717) is 12.8 Å². The average Bonchev–Trinajstić information content (AvgIpc) is 1.98. The van der Waals surface area contributed by atoms with Crippen molar-refractivity contribution in [1.82, 2.24) is 0 Å². The van der Waals surface area contributed by atoms with Crippen LogP contribution < -0.4 is 0 Å². The van der Waals surface area contributed by atoms with E-state index in [0.717, 1.165) is 0 Å². The lowest BCUT2D eigenvalue weighted by Gasteiger charge is -2.15. The van der Waals surface area contributed by atoms with Gasteiger partial charge in [-0.3, -0.25) is 4.79 Å². The highest BCUT2D eigenvalue weighted by molar-refractivity contribution is 5.70. The molecule has 66 valence electrons. The molecule has 0 fully saturated rings. The van der Waals surface area contributed by atoms with Crippen molar-refractivity contribution in [2.45, 2.75) is 25.9 Å². The van der Waals surface area contributed by atoms with Gasteiger partial charge < -0.3 is 15.3 Å². The molecule has 0 aliphatic carbocycles. The monoisotopic (exact) mass is 162 g/mol. The van der Waals surface area contributed by atoms with Gasteiger partial charge in [0.2, 0.25) is 0 Å². The number of aliphatic hydroxyl groups excluding tert-OH is 2. The molecule has 4 nitrogen and oxygen atoms in total. The normalized spacial score (nSPS) is 15.9. The van der Waals surface area contributed by atoms with Crippen LogP contribution in [0.1, 0.15) is 19.8 Å². The van der Waals surface area contributed by atoms with Gasteiger partial charge >= 0.3 is 5.97 Å². The number of rotatable bonds is 5. The van der Waals surface area contributed by atoms with Gasteiger partial charge in [0.05, 0.1) is 18.6 Å². The van der Waals surface area contributed by atoms with E-state index in [-0.39, 0.29) is 0 Å². The van der Waals surface area contributed by atoms with Crippen molar-refractivity contribution in [1.29, 1.82) is 0 Å². The SMILES string of the molecule is CCCC(C(=O)O)C(O)CO. The van der Waals surface area contributed by atoms with Gasteiger partial charge in [0.1, 0.15) is 0 Å². The summed E-state index contributed by atoms with van der Waals surface area (Å²) in [6, 6.07) is 0. The van der Waals surface area contributed by atoms with E-state index in [9.17, 15) is 4.79 Å². The fraction of sp³-hybridized carbons (Fsp3) is 0.857. The molecule has 0 saturated heterocycles. The maximum Gasteiger partial charge on any atom is 0.309 e. The third-order valence-corrected chi connectivity index (χ3v) is 1.57. The van der Waals surface area contributed by atoms with Gasteiger partial charge in [-0.2, -0.15) is 0 Å². The lowest BCUT2D eigenvalue weighted by atomic mass is 9.98. The van der Waals surface area contributed by atoms with Crippen molar-refractivity contribution in [3.63, 3.8) is 0 Å². The van der Waals surface area contributed by atoms with Crippen LogP contribution in [0.2, 0.25) is 0 Å². The van der Waals surface area contributed by atoms with E-state index in [1.807, 2.05) is 6.92 Å². The van der Waals surface area contributed by atoms with E-state index >= 15 is 0 Å². The van der Waals surface area contributed by atoms with Gasteiger partial charge in [-0.05, 0) is 6.42 Å². The maximum absolute atomic E-state index is 10.4. The van der Waals surface area contributed by atoms with Crippen molar-refractivity contribution in [2.24, 2.45) is 5.92 Å². The van der Waals surface area contributed by atoms with Gasteiger partial charge in [0.25, 0.3) is 0 Å². The van der Waals surface area contributed by atoms with Gasteiger partial charge in [-0.15, -0.1) is 0 Å². The Balaban J connectivity index is 3.97. The Bertz CT molecular complexity index is 124. The summed E-state index contributed by atoms with van der Waals surface area (Å²) in [6.07, 6.45) is -0.0436. The first-order valence-corrected chi connectivity index (χ1v) is 3.65. The van der Waals surface area contributed by atoms with Crippen LogP contribution in [-0.2, 0) is 4.79 Å². The highest BCUT2D eigenvalue weighted by Gasteiger charge is 2.24. The third kappa shape index (κ3) is 3.34. The van der Waals surface area contributed by atoms with Gasteiger partial charge in [0, 0.05) is 0 Å². The van der Waals surface area contributed by atoms with Gasteiger partial charge in [-0.1, -0.05) is 13.3 Å². The third-order valence-electron chi connectivity index (χ3n) is 1.57. The van der Waals surface area contributed by atoms with Crippen molar-refractivity contribution in [3.8, 4) is 0 Å². The summed E-state index contributed by atoms with van der Waals surface area (Å²) in [5.74, 6) is -1.88. The Kier molecular flexibility index (Phi) is 4.81. The Morgan fingerprint density at radius 2 is 2.09 bits per heavy atom. The Morgan fingerprint density at radius 3 is 2.36 bits per heavy atom. The molecule has 11 heavy (non-hydrogen) atoms. The van der Waals surface area contributed by atoms with Crippen LogP contribution in [0.25, 0.3) is 0 Å². The smallest absolute Gasteiger partial charge is 0.309 e. The van der Waals surface area contributed by atoms with E-state index in [4.69, 9.17) is 15.3 Å². The zero-order chi connectivity index (χ0) is 8.85. The molecule has 0 heterocycles. The zero-order valence-corrected chi connectivity index (χ0v) is 6.53. The topological polar surface area (TPSA) is 77.8 Å². The lowest BCUT2D eigenvalue weighted by Crippen LogP contribution is -2.30. The Labute approximate surface area is 65.5 Å². The van der Waals surface area contributed by atoms with Crippen molar-refractivity contribution >= 4 is 5.97 Å². The van der Waals surface area contributed by atoms with E-state index < -0.39 is 24.6 Å². The maximum atomic E-state index is 10.4. The van der Waals surface area contributed by atoms with Crippen LogP contribution in [0.5, 0.6) is 0 Å². The molecular weight excluding hydrogens is 148 g/mol. The summed E-state index contributed by atoms with van der Waals surface area (Å²) in [5, 5.41) is 26.0. The molecule has 0 spiro atoms. The van der Waals surface area contributed by atoms with E-state index in [1.165, 1.54) is 0 Å². The minimum atomic E-state index is -1.13. The molecule has 0 aromatic heterocycles. The summed E-state index contributed by atoms with van der Waals surface area (Å²) in [4.78, 5) is 10.4. The predicted octanol–water partition coefficient (Wildman–Crippen LogP) is -0.160. The number of aliphatic carboxylic acids is 1. The molecule has 0 aromatic rings. The minimum Gasteiger partial charge on any atom is -0.481 e. The average molecular weight is 162 g/mol. The van der Waals surface area contributed by atoms with Crippen LogP contribution in [0.3, 0.4) is 0 Å². The fourth-order valence-electron chi connectivity index (χ4n) is 0.919. The van der Waals surface area contributed by atoms with E-state index in [2.05, 4.69) is 0 Å². The van der Waals surface area contributed by atoms with Crippen LogP contribution in [-0.4, -0.2) is 34.0 Å². The van der Waals surface area contributed by atoms with E-state index in [1.54, 1.807) is 0 Å². The number of aliphatic hydroxyl groups is 2. The highest BCUT2D eigenvalue weighted by Crippen LogP contribution is 2.11. The van der Waals surface area contributed by atoms with Crippen LogP contribution in [0, 0.1) is 5.92 Å². The summed E-state index contributed by atoms with van der Waals surface area (Å²) < 4.78 is 0. The quantitative estimate of drug-likeness (QED) is 0.525. The molecule has 4 heteroatoms. The standard InChI is InChI=1S/C7H14O4/c1-2-3-5(7(10)11)6(9)4-8/h5-6,8-9H,2-4H2,1H3,(H,10,11).